The number of fused-ring (bicyclic) bond motifs is 1. The molecule has 1 fully saturated rings. The van der Waals surface area contributed by atoms with Crippen LogP contribution in [0.5, 0.6) is 17.2 Å². The predicted molar refractivity (Wildman–Crippen MR) is 110 cm³/mol. The van der Waals surface area contributed by atoms with E-state index in [9.17, 15) is 5.11 Å². The van der Waals surface area contributed by atoms with E-state index < -0.39 is 6.10 Å². The number of aliphatic hydroxyl groups is 1. The second kappa shape index (κ2) is 9.35. The molecule has 0 amide bonds. The van der Waals surface area contributed by atoms with Gasteiger partial charge in [-0.05, 0) is 42.0 Å². The number of piperazine rings is 1. The first-order valence-electron chi connectivity index (χ1n) is 9.97. The maximum atomic E-state index is 10.3. The largest absolute Gasteiger partial charge is 0.497 e. The highest BCUT2D eigenvalue weighted by Gasteiger charge is 2.20. The molecule has 0 spiro atoms. The zero-order valence-corrected chi connectivity index (χ0v) is 16.8. The van der Waals surface area contributed by atoms with Crippen molar-refractivity contribution in [3.8, 4) is 17.2 Å². The lowest BCUT2D eigenvalue weighted by molar-refractivity contribution is 0.00911. The zero-order valence-electron chi connectivity index (χ0n) is 16.8. The summed E-state index contributed by atoms with van der Waals surface area (Å²) in [5, 5.41) is 10.3. The second-order valence-electron chi connectivity index (χ2n) is 7.34. The van der Waals surface area contributed by atoms with Gasteiger partial charge in [0.25, 0.3) is 0 Å². The van der Waals surface area contributed by atoms with Gasteiger partial charge in [-0.3, -0.25) is 4.90 Å². The molecule has 2 aromatic carbocycles. The molecule has 7 heteroatoms. The van der Waals surface area contributed by atoms with Crippen LogP contribution in [0.25, 0.3) is 0 Å². The lowest BCUT2D eigenvalue weighted by Crippen LogP contribution is -2.49. The number of nitrogens with zero attached hydrogens (tertiary/aromatic N) is 2. The molecule has 0 aliphatic carbocycles. The van der Waals surface area contributed by atoms with Gasteiger partial charge in [0, 0.05) is 38.4 Å². The third kappa shape index (κ3) is 5.12. The third-order valence-electron chi connectivity index (χ3n) is 5.29. The fourth-order valence-electron chi connectivity index (χ4n) is 3.68. The summed E-state index contributed by atoms with van der Waals surface area (Å²) < 4.78 is 21.6. The summed E-state index contributed by atoms with van der Waals surface area (Å²) in [4.78, 5) is 4.65. The van der Waals surface area contributed by atoms with Crippen LogP contribution in [0.4, 0.5) is 5.69 Å². The van der Waals surface area contributed by atoms with Gasteiger partial charge in [0.1, 0.15) is 5.75 Å². The summed E-state index contributed by atoms with van der Waals surface area (Å²) in [5.41, 5.74) is 2.22. The number of hydrogen-bond donors (Lipinski definition) is 1. The number of methoxy groups -OCH3 is 1. The van der Waals surface area contributed by atoms with E-state index in [1.165, 1.54) is 5.69 Å². The molecular formula is C22H28N2O5. The van der Waals surface area contributed by atoms with Crippen molar-refractivity contribution in [2.45, 2.75) is 12.7 Å². The predicted octanol–water partition coefficient (Wildman–Crippen LogP) is 2.12. The van der Waals surface area contributed by atoms with Crippen LogP contribution >= 0.6 is 0 Å². The molecule has 2 heterocycles. The monoisotopic (exact) mass is 400 g/mol. The van der Waals surface area contributed by atoms with Crippen LogP contribution in [0.3, 0.4) is 0 Å². The standard InChI is InChI=1S/C22H28N2O5/c1-26-20-5-3-18(4-6-20)24-10-8-23(9-11-24)13-19(25)15-27-14-17-2-7-21-22(12-17)29-16-28-21/h2-7,12,19,25H,8-11,13-16H2,1H3/t19-/m0/s1. The van der Waals surface area contributed by atoms with Gasteiger partial charge in [-0.2, -0.15) is 0 Å². The zero-order chi connectivity index (χ0) is 20.1. The minimum atomic E-state index is -0.503. The number of hydrogen-bond acceptors (Lipinski definition) is 7. The molecule has 7 nitrogen and oxygen atoms in total. The minimum Gasteiger partial charge on any atom is -0.497 e. The lowest BCUT2D eigenvalue weighted by Gasteiger charge is -2.36. The highest BCUT2D eigenvalue weighted by molar-refractivity contribution is 5.49. The Morgan fingerprint density at radius 3 is 2.52 bits per heavy atom. The van der Waals surface area contributed by atoms with E-state index in [1.54, 1.807) is 7.11 Å². The molecule has 1 saturated heterocycles. The molecule has 2 aliphatic rings. The van der Waals surface area contributed by atoms with Gasteiger partial charge in [-0.25, -0.2) is 0 Å². The van der Waals surface area contributed by atoms with Crippen molar-refractivity contribution in [2.75, 3.05) is 58.1 Å². The Morgan fingerprint density at radius 2 is 1.76 bits per heavy atom. The maximum absolute atomic E-state index is 10.3. The number of benzene rings is 2. The third-order valence-corrected chi connectivity index (χ3v) is 5.29. The first-order valence-corrected chi connectivity index (χ1v) is 9.97. The van der Waals surface area contributed by atoms with Gasteiger partial charge < -0.3 is 29.0 Å². The molecule has 4 rings (SSSR count). The van der Waals surface area contributed by atoms with E-state index in [-0.39, 0.29) is 6.79 Å². The average Bonchev–Trinajstić information content (AvgIpc) is 3.22. The van der Waals surface area contributed by atoms with Gasteiger partial charge in [0.15, 0.2) is 11.5 Å². The van der Waals surface area contributed by atoms with Gasteiger partial charge >= 0.3 is 0 Å². The lowest BCUT2D eigenvalue weighted by atomic mass is 10.2. The number of ether oxygens (including phenoxy) is 4. The fraction of sp³-hybridized carbons (Fsp3) is 0.455. The number of anilines is 1. The Bertz CT molecular complexity index is 790. The molecule has 0 bridgehead atoms. The fourth-order valence-corrected chi connectivity index (χ4v) is 3.68. The van der Waals surface area contributed by atoms with Crippen LogP contribution in [0.1, 0.15) is 5.56 Å². The quantitative estimate of drug-likeness (QED) is 0.728. The van der Waals surface area contributed by atoms with E-state index in [0.29, 0.717) is 19.8 Å². The van der Waals surface area contributed by atoms with E-state index in [0.717, 1.165) is 49.0 Å². The van der Waals surface area contributed by atoms with Crippen LogP contribution in [0.2, 0.25) is 0 Å². The highest BCUT2D eigenvalue weighted by atomic mass is 16.7. The molecule has 156 valence electrons. The van der Waals surface area contributed by atoms with E-state index >= 15 is 0 Å². The van der Waals surface area contributed by atoms with Crippen molar-refractivity contribution in [1.29, 1.82) is 0 Å². The van der Waals surface area contributed by atoms with Crippen LogP contribution in [0.15, 0.2) is 42.5 Å². The van der Waals surface area contributed by atoms with E-state index in [2.05, 4.69) is 21.9 Å². The molecular weight excluding hydrogens is 372 g/mol. The summed E-state index contributed by atoms with van der Waals surface area (Å²) in [6.45, 7) is 5.37. The smallest absolute Gasteiger partial charge is 0.231 e. The first-order chi connectivity index (χ1) is 14.2. The molecule has 2 aliphatic heterocycles. The van der Waals surface area contributed by atoms with Crippen molar-refractivity contribution < 1.29 is 24.1 Å². The Kier molecular flexibility index (Phi) is 6.39. The minimum absolute atomic E-state index is 0.268. The Labute approximate surface area is 171 Å². The molecule has 0 unspecified atom stereocenters. The van der Waals surface area contributed by atoms with Gasteiger partial charge in [0.2, 0.25) is 6.79 Å². The van der Waals surface area contributed by atoms with Crippen LogP contribution in [-0.2, 0) is 11.3 Å². The summed E-state index contributed by atoms with van der Waals surface area (Å²) in [6, 6.07) is 13.9. The summed E-state index contributed by atoms with van der Waals surface area (Å²) in [6.07, 6.45) is -0.503. The maximum Gasteiger partial charge on any atom is 0.231 e. The van der Waals surface area contributed by atoms with Crippen molar-refractivity contribution in [3.05, 3.63) is 48.0 Å². The summed E-state index contributed by atoms with van der Waals surface area (Å²) in [7, 11) is 1.68. The van der Waals surface area contributed by atoms with Gasteiger partial charge in [0.05, 0.1) is 26.4 Å². The van der Waals surface area contributed by atoms with Gasteiger partial charge in [-0.1, -0.05) is 6.07 Å². The Balaban J connectivity index is 1.16. The topological polar surface area (TPSA) is 63.6 Å². The second-order valence-corrected chi connectivity index (χ2v) is 7.34. The summed E-state index contributed by atoms with van der Waals surface area (Å²) >= 11 is 0. The highest BCUT2D eigenvalue weighted by Crippen LogP contribution is 2.32. The van der Waals surface area contributed by atoms with Crippen LogP contribution in [0, 0.1) is 0 Å². The first kappa shape index (κ1) is 19.8. The van der Waals surface area contributed by atoms with Crippen molar-refractivity contribution in [1.82, 2.24) is 4.90 Å². The molecule has 0 aromatic heterocycles. The number of β-amino-alcohol motifs (C(OH)–C–C–N with tert-alkyl or cyclic N) is 1. The Hall–Kier alpha value is -2.48. The number of rotatable bonds is 8. The normalized spacial score (nSPS) is 17.4. The Morgan fingerprint density at radius 1 is 1.00 bits per heavy atom. The van der Waals surface area contributed by atoms with Gasteiger partial charge in [-0.15, -0.1) is 0 Å². The van der Waals surface area contributed by atoms with Crippen LogP contribution in [-0.4, -0.2) is 69.3 Å². The van der Waals surface area contributed by atoms with Crippen molar-refractivity contribution >= 4 is 5.69 Å². The molecule has 0 saturated carbocycles. The van der Waals surface area contributed by atoms with Crippen molar-refractivity contribution in [3.63, 3.8) is 0 Å². The number of aliphatic hydroxyl groups excluding tert-OH is 1. The molecule has 2 aromatic rings. The average molecular weight is 400 g/mol. The molecule has 0 radical (unpaired) electrons. The van der Waals surface area contributed by atoms with Crippen LogP contribution < -0.4 is 19.1 Å². The van der Waals surface area contributed by atoms with Crippen molar-refractivity contribution in [2.24, 2.45) is 0 Å². The van der Waals surface area contributed by atoms with E-state index in [4.69, 9.17) is 18.9 Å². The summed E-state index contributed by atoms with van der Waals surface area (Å²) in [5.74, 6) is 2.39. The molecule has 1 atom stereocenters. The molecule has 1 N–H and O–H groups in total. The molecule has 29 heavy (non-hydrogen) atoms. The SMILES string of the molecule is COc1ccc(N2CCN(C[C@H](O)COCc3ccc4c(c3)OCO4)CC2)cc1. The van der Waals surface area contributed by atoms with E-state index in [1.807, 2.05) is 30.3 Å².